The van der Waals surface area contributed by atoms with Crippen LogP contribution in [0.3, 0.4) is 0 Å². The second-order valence-electron chi connectivity index (χ2n) is 8.55. The molecule has 31 heavy (non-hydrogen) atoms. The van der Waals surface area contributed by atoms with Crippen molar-refractivity contribution < 1.29 is 13.9 Å². The van der Waals surface area contributed by atoms with Crippen molar-refractivity contribution in [1.82, 2.24) is 19.9 Å². The van der Waals surface area contributed by atoms with Gasteiger partial charge in [-0.05, 0) is 49.8 Å². The number of hydrogen-bond donors (Lipinski definition) is 2. The van der Waals surface area contributed by atoms with Crippen LogP contribution in [0.1, 0.15) is 71.9 Å². The van der Waals surface area contributed by atoms with Crippen molar-refractivity contribution in [3.63, 3.8) is 0 Å². The van der Waals surface area contributed by atoms with Crippen LogP contribution in [0.4, 0.5) is 10.2 Å². The standard InChI is InChI=1S/C23H26FN5O2/c1-3-12(2)29(9-20-17(24)6-14(8-26-20)13-4-5-13)23(30)19-7-18-21(27-19)15-10-31-11-16(15)22(25)28-18/h6-8,12-13,27H,3-5,9-11H2,1-2H3,(H2,25,28)/t12-/m1/s1. The number of pyridine rings is 2. The van der Waals surface area contributed by atoms with Gasteiger partial charge in [0.05, 0.1) is 36.5 Å². The number of hydrogen-bond acceptors (Lipinski definition) is 5. The van der Waals surface area contributed by atoms with Crippen LogP contribution in [-0.4, -0.2) is 31.8 Å². The topological polar surface area (TPSA) is 97.1 Å². The Labute approximate surface area is 179 Å². The van der Waals surface area contributed by atoms with Gasteiger partial charge in [0.1, 0.15) is 17.3 Å². The highest BCUT2D eigenvalue weighted by Gasteiger charge is 2.28. The molecule has 0 bridgehead atoms. The highest BCUT2D eigenvalue weighted by Crippen LogP contribution is 2.40. The summed E-state index contributed by atoms with van der Waals surface area (Å²) in [7, 11) is 0. The number of rotatable bonds is 6. The summed E-state index contributed by atoms with van der Waals surface area (Å²) in [6.07, 6.45) is 4.66. The molecule has 0 unspecified atom stereocenters. The number of nitrogen functional groups attached to an aromatic ring is 1. The molecular weight excluding hydrogens is 397 g/mol. The highest BCUT2D eigenvalue weighted by atomic mass is 19.1. The fraction of sp³-hybridized carbons (Fsp3) is 0.435. The third kappa shape index (κ3) is 3.54. The van der Waals surface area contributed by atoms with Crippen molar-refractivity contribution >= 4 is 22.8 Å². The molecule has 2 aliphatic rings. The van der Waals surface area contributed by atoms with Gasteiger partial charge in [0.2, 0.25) is 0 Å². The number of carbonyl (C=O) groups excluding carboxylic acids is 1. The molecule has 5 rings (SSSR count). The Morgan fingerprint density at radius 2 is 2.13 bits per heavy atom. The van der Waals surface area contributed by atoms with Gasteiger partial charge < -0.3 is 20.4 Å². The van der Waals surface area contributed by atoms with Gasteiger partial charge in [0.15, 0.2) is 0 Å². The minimum absolute atomic E-state index is 0.0877. The average Bonchev–Trinajstić information content (AvgIpc) is 3.33. The molecule has 162 valence electrons. The molecule has 0 aromatic carbocycles. The Hall–Kier alpha value is -3.00. The van der Waals surface area contributed by atoms with Crippen molar-refractivity contribution in [3.8, 4) is 0 Å². The summed E-state index contributed by atoms with van der Waals surface area (Å²) in [4.78, 5) is 27.1. The van der Waals surface area contributed by atoms with Crippen LogP contribution in [-0.2, 0) is 24.5 Å². The molecule has 8 heteroatoms. The van der Waals surface area contributed by atoms with E-state index in [1.807, 2.05) is 13.8 Å². The maximum Gasteiger partial charge on any atom is 0.270 e. The lowest BCUT2D eigenvalue weighted by Crippen LogP contribution is -2.38. The van der Waals surface area contributed by atoms with Crippen LogP contribution in [0, 0.1) is 5.82 Å². The Morgan fingerprint density at radius 3 is 2.84 bits per heavy atom. The van der Waals surface area contributed by atoms with Gasteiger partial charge >= 0.3 is 0 Å². The fourth-order valence-corrected chi connectivity index (χ4v) is 4.16. The van der Waals surface area contributed by atoms with Crippen molar-refractivity contribution in [3.05, 3.63) is 52.2 Å². The SMILES string of the molecule is CC[C@@H](C)N(Cc1ncc(C2CC2)cc1F)C(=O)c1cc2nc(N)c3c(c2[nH]1)COC3. The number of ether oxygens (including phenoxy) is 1. The molecule has 1 amide bonds. The largest absolute Gasteiger partial charge is 0.383 e. The second kappa shape index (κ2) is 7.60. The molecule has 1 atom stereocenters. The van der Waals surface area contributed by atoms with E-state index in [4.69, 9.17) is 10.5 Å². The number of nitrogens with zero attached hydrogens (tertiary/aromatic N) is 3. The van der Waals surface area contributed by atoms with Crippen LogP contribution >= 0.6 is 0 Å². The highest BCUT2D eigenvalue weighted by molar-refractivity contribution is 5.98. The first-order valence-corrected chi connectivity index (χ1v) is 10.8. The van der Waals surface area contributed by atoms with E-state index in [0.29, 0.717) is 36.2 Å². The van der Waals surface area contributed by atoms with E-state index in [0.717, 1.165) is 41.5 Å². The molecule has 1 fully saturated rings. The van der Waals surface area contributed by atoms with E-state index < -0.39 is 0 Å². The average molecular weight is 423 g/mol. The maximum atomic E-state index is 14.7. The summed E-state index contributed by atoms with van der Waals surface area (Å²) in [6.45, 7) is 4.93. The number of halogens is 1. The number of fused-ring (bicyclic) bond motifs is 3. The van der Waals surface area contributed by atoms with Gasteiger partial charge in [-0.15, -0.1) is 0 Å². The molecule has 0 radical (unpaired) electrons. The quantitative estimate of drug-likeness (QED) is 0.624. The van der Waals surface area contributed by atoms with E-state index in [1.54, 1.807) is 23.2 Å². The number of aromatic nitrogens is 3. The minimum atomic E-state index is -0.355. The maximum absolute atomic E-state index is 14.7. The Balaban J connectivity index is 1.47. The van der Waals surface area contributed by atoms with E-state index in [2.05, 4.69) is 15.0 Å². The number of nitrogens with one attached hydrogen (secondary N) is 1. The molecule has 1 aliphatic heterocycles. The van der Waals surface area contributed by atoms with Gasteiger partial charge in [0.25, 0.3) is 5.91 Å². The third-order valence-corrected chi connectivity index (χ3v) is 6.43. The van der Waals surface area contributed by atoms with Crippen molar-refractivity contribution in [1.29, 1.82) is 0 Å². The smallest absolute Gasteiger partial charge is 0.270 e. The predicted molar refractivity (Wildman–Crippen MR) is 115 cm³/mol. The Bertz CT molecular complexity index is 1170. The van der Waals surface area contributed by atoms with E-state index in [-0.39, 0.29) is 30.0 Å². The number of H-pyrrole nitrogens is 1. The molecule has 7 nitrogen and oxygen atoms in total. The van der Waals surface area contributed by atoms with Gasteiger partial charge in [-0.2, -0.15) is 0 Å². The zero-order chi connectivity index (χ0) is 21.7. The van der Waals surface area contributed by atoms with Gasteiger partial charge in [0, 0.05) is 23.4 Å². The van der Waals surface area contributed by atoms with Gasteiger partial charge in [-0.3, -0.25) is 9.78 Å². The fourth-order valence-electron chi connectivity index (χ4n) is 4.16. The Kier molecular flexibility index (Phi) is 4.89. The summed E-state index contributed by atoms with van der Waals surface area (Å²) < 4.78 is 20.3. The van der Waals surface area contributed by atoms with E-state index >= 15 is 0 Å². The lowest BCUT2D eigenvalue weighted by molar-refractivity contribution is 0.0661. The summed E-state index contributed by atoms with van der Waals surface area (Å²) >= 11 is 0. The Morgan fingerprint density at radius 1 is 1.35 bits per heavy atom. The van der Waals surface area contributed by atoms with Crippen LogP contribution in [0.15, 0.2) is 18.3 Å². The molecule has 3 aromatic heterocycles. The van der Waals surface area contributed by atoms with Gasteiger partial charge in [-0.1, -0.05) is 6.92 Å². The molecule has 1 aliphatic carbocycles. The first-order chi connectivity index (χ1) is 15.0. The molecule has 3 N–H and O–H groups in total. The lowest BCUT2D eigenvalue weighted by atomic mass is 10.1. The molecular formula is C23H26FN5O2. The van der Waals surface area contributed by atoms with E-state index in [1.165, 1.54) is 0 Å². The molecule has 0 saturated heterocycles. The van der Waals surface area contributed by atoms with Crippen LogP contribution in [0.2, 0.25) is 0 Å². The first kappa shape index (κ1) is 19.9. The zero-order valence-electron chi connectivity index (χ0n) is 17.7. The van der Waals surface area contributed by atoms with Crippen LogP contribution < -0.4 is 5.73 Å². The summed E-state index contributed by atoms with van der Waals surface area (Å²) in [5, 5.41) is 0. The predicted octanol–water partition coefficient (Wildman–Crippen LogP) is 4.03. The van der Waals surface area contributed by atoms with Crippen LogP contribution in [0.5, 0.6) is 0 Å². The van der Waals surface area contributed by atoms with Gasteiger partial charge in [-0.25, -0.2) is 9.37 Å². The molecule has 1 saturated carbocycles. The van der Waals surface area contributed by atoms with Crippen molar-refractivity contribution in [2.45, 2.75) is 64.8 Å². The lowest BCUT2D eigenvalue weighted by Gasteiger charge is -2.28. The van der Waals surface area contributed by atoms with E-state index in [9.17, 15) is 9.18 Å². The second-order valence-corrected chi connectivity index (χ2v) is 8.55. The molecule has 3 aromatic rings. The summed E-state index contributed by atoms with van der Waals surface area (Å²) in [5.41, 5.74) is 10.9. The third-order valence-electron chi connectivity index (χ3n) is 6.43. The van der Waals surface area contributed by atoms with Crippen molar-refractivity contribution in [2.24, 2.45) is 0 Å². The monoisotopic (exact) mass is 423 g/mol. The summed E-state index contributed by atoms with van der Waals surface area (Å²) in [6, 6.07) is 3.19. The minimum Gasteiger partial charge on any atom is -0.383 e. The normalized spacial score (nSPS) is 16.5. The number of nitrogens with two attached hydrogens (primary N) is 1. The number of anilines is 1. The van der Waals surface area contributed by atoms with Crippen molar-refractivity contribution in [2.75, 3.05) is 5.73 Å². The molecule has 0 spiro atoms. The summed E-state index contributed by atoms with van der Waals surface area (Å²) in [5.74, 6) is 0.289. The molecule has 4 heterocycles. The van der Waals surface area contributed by atoms with Crippen LogP contribution in [0.25, 0.3) is 11.0 Å². The zero-order valence-corrected chi connectivity index (χ0v) is 17.7. The number of amides is 1. The first-order valence-electron chi connectivity index (χ1n) is 10.8. The number of aromatic amines is 1. The number of carbonyl (C=O) groups is 1.